The summed E-state index contributed by atoms with van der Waals surface area (Å²) in [6.45, 7) is 2.63. The van der Waals surface area contributed by atoms with Crippen LogP contribution in [0.15, 0.2) is 41.3 Å². The van der Waals surface area contributed by atoms with Crippen LogP contribution >= 0.6 is 0 Å². The molecular formula is C21H26N2O6S. The van der Waals surface area contributed by atoms with Crippen molar-refractivity contribution in [3.05, 3.63) is 42.0 Å². The van der Waals surface area contributed by atoms with Gasteiger partial charge in [0.05, 0.1) is 24.8 Å². The number of aryl methyl sites for hydroxylation is 1. The van der Waals surface area contributed by atoms with E-state index in [1.54, 1.807) is 44.4 Å². The van der Waals surface area contributed by atoms with E-state index in [9.17, 15) is 13.2 Å². The van der Waals surface area contributed by atoms with Crippen LogP contribution in [0.25, 0.3) is 0 Å². The van der Waals surface area contributed by atoms with Crippen molar-refractivity contribution in [1.29, 1.82) is 0 Å². The molecule has 1 saturated heterocycles. The number of hydrogen-bond acceptors (Lipinski definition) is 6. The Morgan fingerprint density at radius 1 is 1.03 bits per heavy atom. The van der Waals surface area contributed by atoms with Crippen LogP contribution in [0, 0.1) is 6.92 Å². The van der Waals surface area contributed by atoms with Crippen molar-refractivity contribution in [2.45, 2.75) is 24.7 Å². The van der Waals surface area contributed by atoms with Crippen LogP contribution in [0.3, 0.4) is 0 Å². The molecule has 1 N–H and O–H groups in total. The monoisotopic (exact) mass is 434 g/mol. The number of amides is 1. The van der Waals surface area contributed by atoms with Crippen LogP contribution in [0.2, 0.25) is 0 Å². The summed E-state index contributed by atoms with van der Waals surface area (Å²) in [6.07, 6.45) is 1.76. The molecule has 30 heavy (non-hydrogen) atoms. The van der Waals surface area contributed by atoms with E-state index in [1.807, 2.05) is 0 Å². The minimum Gasteiger partial charge on any atom is -0.497 e. The zero-order valence-electron chi connectivity index (χ0n) is 17.3. The molecule has 1 heterocycles. The number of hydrogen-bond donors (Lipinski definition) is 1. The first-order valence-electron chi connectivity index (χ1n) is 9.60. The number of benzene rings is 2. The lowest BCUT2D eigenvalue weighted by Gasteiger charge is -2.17. The van der Waals surface area contributed by atoms with E-state index >= 15 is 0 Å². The molecule has 0 saturated carbocycles. The van der Waals surface area contributed by atoms with Crippen molar-refractivity contribution in [2.75, 3.05) is 39.2 Å². The molecule has 0 atom stereocenters. The maximum absolute atomic E-state index is 12.7. The van der Waals surface area contributed by atoms with Crippen molar-refractivity contribution in [3.8, 4) is 17.2 Å². The van der Waals surface area contributed by atoms with E-state index in [4.69, 9.17) is 14.2 Å². The molecular weight excluding hydrogens is 408 g/mol. The molecule has 0 spiro atoms. The smallest absolute Gasteiger partial charge is 0.262 e. The summed E-state index contributed by atoms with van der Waals surface area (Å²) in [5, 5.41) is 2.73. The zero-order chi connectivity index (χ0) is 21.7. The summed E-state index contributed by atoms with van der Waals surface area (Å²) in [5.74, 6) is 1.16. The number of nitrogens with one attached hydrogen (secondary N) is 1. The molecule has 1 aliphatic heterocycles. The Morgan fingerprint density at radius 3 is 2.40 bits per heavy atom. The summed E-state index contributed by atoms with van der Waals surface area (Å²) in [5.41, 5.74) is 1.14. The van der Waals surface area contributed by atoms with Gasteiger partial charge in [-0.2, -0.15) is 4.31 Å². The van der Waals surface area contributed by atoms with Crippen LogP contribution in [-0.4, -0.2) is 52.5 Å². The Hall–Kier alpha value is -2.78. The van der Waals surface area contributed by atoms with Gasteiger partial charge in [0.1, 0.15) is 17.2 Å². The van der Waals surface area contributed by atoms with Gasteiger partial charge in [-0.1, -0.05) is 0 Å². The highest BCUT2D eigenvalue weighted by molar-refractivity contribution is 7.89. The van der Waals surface area contributed by atoms with Crippen molar-refractivity contribution in [1.82, 2.24) is 4.31 Å². The summed E-state index contributed by atoms with van der Waals surface area (Å²) >= 11 is 0. The highest BCUT2D eigenvalue weighted by Gasteiger charge is 2.27. The summed E-state index contributed by atoms with van der Waals surface area (Å²) in [4.78, 5) is 12.5. The lowest BCUT2D eigenvalue weighted by molar-refractivity contribution is -0.118. The number of ether oxygens (including phenoxy) is 3. The molecule has 0 bridgehead atoms. The van der Waals surface area contributed by atoms with Gasteiger partial charge >= 0.3 is 0 Å². The first kappa shape index (κ1) is 21.9. The third-order valence-corrected chi connectivity index (χ3v) is 6.79. The fraction of sp³-hybridized carbons (Fsp3) is 0.381. The molecule has 1 fully saturated rings. The maximum atomic E-state index is 12.7. The third kappa shape index (κ3) is 4.85. The zero-order valence-corrected chi connectivity index (χ0v) is 18.1. The largest absolute Gasteiger partial charge is 0.497 e. The Kier molecular flexibility index (Phi) is 6.84. The van der Waals surface area contributed by atoms with Crippen LogP contribution in [-0.2, 0) is 14.8 Å². The summed E-state index contributed by atoms with van der Waals surface area (Å²) in [6, 6.07) is 9.73. The number of methoxy groups -OCH3 is 2. The number of anilines is 1. The van der Waals surface area contributed by atoms with Gasteiger partial charge < -0.3 is 19.5 Å². The second kappa shape index (κ2) is 9.36. The third-order valence-electron chi connectivity index (χ3n) is 4.89. The van der Waals surface area contributed by atoms with E-state index in [2.05, 4.69) is 5.32 Å². The molecule has 2 aromatic rings. The normalized spacial score (nSPS) is 14.4. The van der Waals surface area contributed by atoms with Gasteiger partial charge in [-0.3, -0.25) is 4.79 Å². The van der Waals surface area contributed by atoms with Gasteiger partial charge in [0.15, 0.2) is 6.61 Å². The Balaban J connectivity index is 1.64. The number of rotatable bonds is 8. The molecule has 3 rings (SSSR count). The predicted molar refractivity (Wildman–Crippen MR) is 113 cm³/mol. The summed E-state index contributed by atoms with van der Waals surface area (Å²) in [7, 11) is -0.441. The van der Waals surface area contributed by atoms with E-state index < -0.39 is 10.0 Å². The topological polar surface area (TPSA) is 94.2 Å². The minimum atomic E-state index is -3.49. The molecule has 0 unspecified atom stereocenters. The van der Waals surface area contributed by atoms with E-state index in [1.165, 1.54) is 17.5 Å². The Bertz CT molecular complexity index is 1020. The van der Waals surface area contributed by atoms with Gasteiger partial charge in [0.2, 0.25) is 10.0 Å². The van der Waals surface area contributed by atoms with Crippen LogP contribution in [0.5, 0.6) is 17.2 Å². The first-order valence-corrected chi connectivity index (χ1v) is 11.0. The number of carbonyl (C=O) groups is 1. The number of carbonyl (C=O) groups excluding carboxylic acids is 1. The van der Waals surface area contributed by atoms with Gasteiger partial charge in [0.25, 0.3) is 5.91 Å². The molecule has 0 aromatic heterocycles. The molecule has 1 aliphatic rings. The van der Waals surface area contributed by atoms with E-state index in [-0.39, 0.29) is 17.4 Å². The lowest BCUT2D eigenvalue weighted by Crippen LogP contribution is -2.27. The molecule has 0 aliphatic carbocycles. The number of nitrogens with zero attached hydrogens (tertiary/aromatic N) is 1. The average molecular weight is 435 g/mol. The number of sulfonamides is 1. The molecule has 9 heteroatoms. The van der Waals surface area contributed by atoms with Crippen molar-refractivity contribution < 1.29 is 27.4 Å². The van der Waals surface area contributed by atoms with E-state index in [0.717, 1.165) is 12.8 Å². The fourth-order valence-corrected chi connectivity index (χ4v) is 4.86. The van der Waals surface area contributed by atoms with Crippen molar-refractivity contribution in [3.63, 3.8) is 0 Å². The highest BCUT2D eigenvalue weighted by atomic mass is 32.2. The molecule has 1 amide bonds. The average Bonchev–Trinajstić information content (AvgIpc) is 3.29. The predicted octanol–water partition coefficient (Wildman–Crippen LogP) is 2.81. The first-order chi connectivity index (χ1) is 14.3. The Labute approximate surface area is 176 Å². The maximum Gasteiger partial charge on any atom is 0.262 e. The van der Waals surface area contributed by atoms with Gasteiger partial charge in [-0.05, 0) is 55.7 Å². The fourth-order valence-electron chi connectivity index (χ4n) is 3.25. The Morgan fingerprint density at radius 2 is 1.77 bits per heavy atom. The molecule has 8 nitrogen and oxygen atoms in total. The SMILES string of the molecule is COc1ccc(NC(=O)COc2ccc(S(=O)(=O)N3CCCC3)cc2C)c(OC)c1. The lowest BCUT2D eigenvalue weighted by atomic mass is 10.2. The standard InChI is InChI=1S/C21H26N2O6S/c1-15-12-17(30(25,26)23-10-4-5-11-23)7-9-19(15)29-14-21(24)22-18-8-6-16(27-2)13-20(18)28-3/h6-9,12-13H,4-5,10-11,14H2,1-3H3,(H,22,24). The minimum absolute atomic E-state index is 0.228. The van der Waals surface area contributed by atoms with E-state index in [0.29, 0.717) is 41.6 Å². The van der Waals surface area contributed by atoms with Crippen LogP contribution < -0.4 is 19.5 Å². The van der Waals surface area contributed by atoms with Crippen molar-refractivity contribution >= 4 is 21.6 Å². The van der Waals surface area contributed by atoms with Gasteiger partial charge in [-0.15, -0.1) is 0 Å². The molecule has 2 aromatic carbocycles. The molecule has 162 valence electrons. The van der Waals surface area contributed by atoms with Gasteiger partial charge in [0, 0.05) is 19.2 Å². The summed E-state index contributed by atoms with van der Waals surface area (Å²) < 4.78 is 42.8. The van der Waals surface area contributed by atoms with Crippen molar-refractivity contribution in [2.24, 2.45) is 0 Å². The molecule has 0 radical (unpaired) electrons. The highest BCUT2D eigenvalue weighted by Crippen LogP contribution is 2.29. The van der Waals surface area contributed by atoms with Crippen LogP contribution in [0.4, 0.5) is 5.69 Å². The quantitative estimate of drug-likeness (QED) is 0.687. The van der Waals surface area contributed by atoms with Crippen LogP contribution in [0.1, 0.15) is 18.4 Å². The second-order valence-corrected chi connectivity index (χ2v) is 8.88. The second-order valence-electron chi connectivity index (χ2n) is 6.94. The van der Waals surface area contributed by atoms with Gasteiger partial charge in [-0.25, -0.2) is 8.42 Å².